The maximum Gasteiger partial charge on any atom is 0.269 e. The van der Waals surface area contributed by atoms with E-state index in [1.165, 1.54) is 28.7 Å². The molecule has 0 atom stereocenters. The summed E-state index contributed by atoms with van der Waals surface area (Å²) in [6.45, 7) is 1.80. The number of aryl methyl sites for hydroxylation is 1. The summed E-state index contributed by atoms with van der Waals surface area (Å²) < 4.78 is 21.4. The lowest BCUT2D eigenvalue weighted by Gasteiger charge is -2.11. The Morgan fingerprint density at radius 1 is 1.12 bits per heavy atom. The number of benzene rings is 2. The Morgan fingerprint density at radius 2 is 1.91 bits per heavy atom. The second kappa shape index (κ2) is 8.05. The molecule has 0 bridgehead atoms. The van der Waals surface area contributed by atoms with E-state index < -0.39 is 11.4 Å². The van der Waals surface area contributed by atoms with Crippen LogP contribution in [0, 0.1) is 24.1 Å². The minimum atomic E-state index is -0.600. The van der Waals surface area contributed by atoms with Crippen LogP contribution in [0.25, 0.3) is 28.3 Å². The van der Waals surface area contributed by atoms with Crippen LogP contribution in [0.4, 0.5) is 4.39 Å². The first kappa shape index (κ1) is 20.2. The third-order valence-electron chi connectivity index (χ3n) is 5.15. The third-order valence-corrected chi connectivity index (χ3v) is 5.15. The molecule has 0 aliphatic heterocycles. The minimum Gasteiger partial charge on any atom is -0.435 e. The van der Waals surface area contributed by atoms with Gasteiger partial charge in [0.05, 0.1) is 16.6 Å². The van der Waals surface area contributed by atoms with E-state index in [9.17, 15) is 14.4 Å². The lowest BCUT2D eigenvalue weighted by atomic mass is 10.1. The highest BCUT2D eigenvalue weighted by Crippen LogP contribution is 2.28. The van der Waals surface area contributed by atoms with E-state index in [-0.39, 0.29) is 22.8 Å². The minimum absolute atomic E-state index is 0.00152. The smallest absolute Gasteiger partial charge is 0.269 e. The van der Waals surface area contributed by atoms with E-state index >= 15 is 0 Å². The van der Waals surface area contributed by atoms with Gasteiger partial charge >= 0.3 is 0 Å². The average Bonchev–Trinajstić information content (AvgIpc) is 3.25. The van der Waals surface area contributed by atoms with E-state index in [0.29, 0.717) is 17.0 Å². The predicted molar refractivity (Wildman–Crippen MR) is 122 cm³/mol. The number of allylic oxidation sites excluding steroid dienone is 1. The van der Waals surface area contributed by atoms with E-state index in [1.54, 1.807) is 31.3 Å². The zero-order valence-corrected chi connectivity index (χ0v) is 17.4. The second-order valence-electron chi connectivity index (χ2n) is 7.33. The van der Waals surface area contributed by atoms with Gasteiger partial charge in [0, 0.05) is 6.20 Å². The van der Waals surface area contributed by atoms with Crippen molar-refractivity contribution in [1.82, 2.24) is 19.4 Å². The first-order chi connectivity index (χ1) is 16.0. The monoisotopic (exact) mass is 437 g/mol. The molecule has 7 nitrogen and oxygen atoms in total. The van der Waals surface area contributed by atoms with Gasteiger partial charge in [-0.05, 0) is 48.9 Å². The van der Waals surface area contributed by atoms with Crippen LogP contribution in [-0.2, 0) is 0 Å². The van der Waals surface area contributed by atoms with Crippen molar-refractivity contribution in [2.24, 2.45) is 0 Å². The molecule has 0 saturated carbocycles. The zero-order chi connectivity index (χ0) is 22.9. The number of H-pyrrole nitrogens is 1. The van der Waals surface area contributed by atoms with Crippen LogP contribution in [0.3, 0.4) is 0 Å². The molecule has 0 saturated heterocycles. The van der Waals surface area contributed by atoms with Crippen molar-refractivity contribution in [3.05, 3.63) is 100.0 Å². The molecule has 160 valence electrons. The fraction of sp³-hybridized carbons (Fsp3) is 0.0400. The number of nitriles is 1. The topological polar surface area (TPSA) is 96.1 Å². The first-order valence-electron chi connectivity index (χ1n) is 10.1. The Bertz CT molecular complexity index is 1630. The van der Waals surface area contributed by atoms with Crippen molar-refractivity contribution in [2.45, 2.75) is 6.92 Å². The van der Waals surface area contributed by atoms with Gasteiger partial charge in [0.25, 0.3) is 5.56 Å². The largest absolute Gasteiger partial charge is 0.435 e. The lowest BCUT2D eigenvalue weighted by molar-refractivity contribution is 0.426. The molecule has 0 unspecified atom stereocenters. The predicted octanol–water partition coefficient (Wildman–Crippen LogP) is 4.87. The summed E-state index contributed by atoms with van der Waals surface area (Å²) in [7, 11) is 0. The summed E-state index contributed by atoms with van der Waals surface area (Å²) in [6, 6.07) is 18.8. The molecule has 5 rings (SSSR count). The van der Waals surface area contributed by atoms with Crippen LogP contribution in [0.15, 0.2) is 71.7 Å². The van der Waals surface area contributed by atoms with Crippen LogP contribution in [0.1, 0.15) is 17.0 Å². The number of aromatic nitrogens is 4. The van der Waals surface area contributed by atoms with Crippen molar-refractivity contribution in [3.8, 4) is 17.7 Å². The summed E-state index contributed by atoms with van der Waals surface area (Å²) in [5.74, 6) is -0.497. The van der Waals surface area contributed by atoms with Gasteiger partial charge in [-0.2, -0.15) is 10.2 Å². The van der Waals surface area contributed by atoms with Crippen LogP contribution in [0.5, 0.6) is 11.6 Å². The number of nitrogens with zero attached hydrogens (tertiary/aromatic N) is 4. The Labute approximate surface area is 187 Å². The Morgan fingerprint density at radius 3 is 2.70 bits per heavy atom. The summed E-state index contributed by atoms with van der Waals surface area (Å²) in [5, 5.41) is 9.83. The summed E-state index contributed by atoms with van der Waals surface area (Å²) in [6.07, 6.45) is 2.94. The molecule has 0 spiro atoms. The number of rotatable bonds is 4. The molecule has 3 heterocycles. The van der Waals surface area contributed by atoms with Crippen LogP contribution in [-0.4, -0.2) is 19.4 Å². The SMILES string of the molecule is Cc1cccn2c(=O)c(C=C(C#N)c3nc4ccccc4[nH]3)c(Oc3ccccc3F)nc12. The van der Waals surface area contributed by atoms with Gasteiger partial charge in [-0.3, -0.25) is 9.20 Å². The molecule has 1 N–H and O–H groups in total. The molecular formula is C25H16FN5O2. The highest BCUT2D eigenvalue weighted by molar-refractivity contribution is 5.91. The van der Waals surface area contributed by atoms with Gasteiger partial charge in [-0.15, -0.1) is 0 Å². The standard InChI is InChI=1S/C25H16FN5O2/c1-15-7-6-12-31-23(15)30-24(33-21-11-5-2-8-18(21)26)17(25(31)32)13-16(14-27)22-28-19-9-3-4-10-20(19)29-22/h2-13H,1H3,(H,28,29). The van der Waals surface area contributed by atoms with Crippen molar-refractivity contribution in [3.63, 3.8) is 0 Å². The van der Waals surface area contributed by atoms with E-state index in [1.807, 2.05) is 24.3 Å². The summed E-state index contributed by atoms with van der Waals surface area (Å²) >= 11 is 0. The maximum atomic E-state index is 14.3. The quantitative estimate of drug-likeness (QED) is 0.405. The normalized spacial score (nSPS) is 11.6. The van der Waals surface area contributed by atoms with Gasteiger partial charge in [0.2, 0.25) is 5.88 Å². The lowest BCUT2D eigenvalue weighted by Crippen LogP contribution is -2.19. The fourth-order valence-corrected chi connectivity index (χ4v) is 3.50. The maximum absolute atomic E-state index is 14.3. The molecule has 0 radical (unpaired) electrons. The first-order valence-corrected chi connectivity index (χ1v) is 10.1. The number of nitrogens with one attached hydrogen (secondary N) is 1. The number of ether oxygens (including phenoxy) is 1. The molecule has 0 amide bonds. The van der Waals surface area contributed by atoms with E-state index in [0.717, 1.165) is 11.1 Å². The second-order valence-corrected chi connectivity index (χ2v) is 7.33. The summed E-state index contributed by atoms with van der Waals surface area (Å²) in [4.78, 5) is 25.4. The molecule has 0 aliphatic rings. The van der Waals surface area contributed by atoms with E-state index in [2.05, 4.69) is 21.0 Å². The third kappa shape index (κ3) is 3.62. The number of aromatic amines is 1. The fourth-order valence-electron chi connectivity index (χ4n) is 3.50. The molecule has 33 heavy (non-hydrogen) atoms. The highest BCUT2D eigenvalue weighted by atomic mass is 19.1. The molecule has 0 fully saturated rings. The van der Waals surface area contributed by atoms with Gasteiger partial charge in [-0.25, -0.2) is 9.37 Å². The molecule has 5 aromatic rings. The number of imidazole rings is 1. The number of hydrogen-bond acceptors (Lipinski definition) is 5. The molecular weight excluding hydrogens is 421 g/mol. The Kier molecular flexibility index (Phi) is 4.92. The number of pyridine rings is 1. The number of halogens is 1. The zero-order valence-electron chi connectivity index (χ0n) is 17.4. The molecule has 0 aliphatic carbocycles. The number of para-hydroxylation sites is 3. The van der Waals surface area contributed by atoms with Crippen LogP contribution < -0.4 is 10.3 Å². The van der Waals surface area contributed by atoms with Crippen LogP contribution in [0.2, 0.25) is 0 Å². The van der Waals surface area contributed by atoms with Crippen molar-refractivity contribution >= 4 is 28.3 Å². The molecule has 2 aromatic carbocycles. The van der Waals surface area contributed by atoms with E-state index in [4.69, 9.17) is 4.74 Å². The van der Waals surface area contributed by atoms with Gasteiger partial charge in [0.1, 0.15) is 23.1 Å². The van der Waals surface area contributed by atoms with Crippen molar-refractivity contribution < 1.29 is 9.13 Å². The summed E-state index contributed by atoms with van der Waals surface area (Å²) in [5.41, 5.74) is 2.18. The van der Waals surface area contributed by atoms with Gasteiger partial charge in [0.15, 0.2) is 11.6 Å². The van der Waals surface area contributed by atoms with Crippen molar-refractivity contribution in [2.75, 3.05) is 0 Å². The molecule has 3 aromatic heterocycles. The molecule has 8 heteroatoms. The highest BCUT2D eigenvalue weighted by Gasteiger charge is 2.18. The number of fused-ring (bicyclic) bond motifs is 2. The Hall–Kier alpha value is -4.77. The average molecular weight is 437 g/mol. The number of hydrogen-bond donors (Lipinski definition) is 1. The van der Waals surface area contributed by atoms with Crippen molar-refractivity contribution in [1.29, 1.82) is 5.26 Å². The van der Waals surface area contributed by atoms with Gasteiger partial charge in [-0.1, -0.05) is 30.3 Å². The Balaban J connectivity index is 1.74. The van der Waals surface area contributed by atoms with Gasteiger partial charge < -0.3 is 9.72 Å². The van der Waals surface area contributed by atoms with Crippen LogP contribution >= 0.6 is 0 Å².